The predicted molar refractivity (Wildman–Crippen MR) is 108 cm³/mol. The summed E-state index contributed by atoms with van der Waals surface area (Å²) < 4.78 is 6.55. The molecule has 0 radical (unpaired) electrons. The van der Waals surface area contributed by atoms with Crippen LogP contribution in [-0.2, 0) is 4.74 Å². The molecule has 2 aromatic rings. The van der Waals surface area contributed by atoms with Gasteiger partial charge in [-0.15, -0.1) is 12.4 Å². The lowest BCUT2D eigenvalue weighted by molar-refractivity contribution is 0.0138. The Morgan fingerprint density at radius 2 is 1.68 bits per heavy atom. The molecule has 2 aromatic carbocycles. The lowest BCUT2D eigenvalue weighted by Gasteiger charge is -2.24. The fraction of sp³-hybridized carbons (Fsp3) is 0.429. The van der Waals surface area contributed by atoms with E-state index in [9.17, 15) is 0 Å². The zero-order valence-electron chi connectivity index (χ0n) is 14.9. The normalized spacial score (nSPS) is 19.0. The van der Waals surface area contributed by atoms with Crippen molar-refractivity contribution in [1.82, 2.24) is 4.90 Å². The summed E-state index contributed by atoms with van der Waals surface area (Å²) in [6.45, 7) is 7.85. The second-order valence-electron chi connectivity index (χ2n) is 7.04. The third-order valence-corrected chi connectivity index (χ3v) is 4.71. The minimum Gasteiger partial charge on any atom is -0.364 e. The van der Waals surface area contributed by atoms with E-state index in [-0.39, 0.29) is 24.6 Å². The first kappa shape index (κ1) is 20.3. The van der Waals surface area contributed by atoms with Gasteiger partial charge in [0.05, 0.1) is 6.10 Å². The first-order valence-electron chi connectivity index (χ1n) is 8.80. The number of hydrogen-bond donors (Lipinski definition) is 0. The van der Waals surface area contributed by atoms with Crippen LogP contribution in [0.3, 0.4) is 0 Å². The van der Waals surface area contributed by atoms with Gasteiger partial charge in [-0.2, -0.15) is 0 Å². The fourth-order valence-corrected chi connectivity index (χ4v) is 3.52. The molecule has 1 saturated heterocycles. The highest BCUT2D eigenvalue weighted by atomic mass is 35.5. The van der Waals surface area contributed by atoms with Crippen LogP contribution in [0.5, 0.6) is 0 Å². The summed E-state index contributed by atoms with van der Waals surface area (Å²) in [5.74, 6) is 0.699. The molecule has 25 heavy (non-hydrogen) atoms. The largest absolute Gasteiger partial charge is 0.364 e. The SMILES string of the molecule is CC(C)CN1CCC(OC(c2ccccc2)c2ccc(Cl)cc2)C1.Cl. The van der Waals surface area contributed by atoms with E-state index in [0.29, 0.717) is 5.92 Å². The molecular weight excluding hydrogens is 353 g/mol. The van der Waals surface area contributed by atoms with Crippen molar-refractivity contribution in [2.24, 2.45) is 5.92 Å². The summed E-state index contributed by atoms with van der Waals surface area (Å²) in [6, 6.07) is 18.5. The Morgan fingerprint density at radius 3 is 2.32 bits per heavy atom. The summed E-state index contributed by atoms with van der Waals surface area (Å²) in [5.41, 5.74) is 2.36. The van der Waals surface area contributed by atoms with Crippen molar-refractivity contribution in [3.63, 3.8) is 0 Å². The van der Waals surface area contributed by atoms with E-state index >= 15 is 0 Å². The Morgan fingerprint density at radius 1 is 1.04 bits per heavy atom. The molecule has 3 rings (SSSR count). The Labute approximate surface area is 162 Å². The van der Waals surface area contributed by atoms with Crippen LogP contribution >= 0.6 is 24.0 Å². The molecule has 1 heterocycles. The Balaban J connectivity index is 0.00000225. The van der Waals surface area contributed by atoms with Crippen LogP contribution in [0.2, 0.25) is 5.02 Å². The number of hydrogen-bond acceptors (Lipinski definition) is 2. The van der Waals surface area contributed by atoms with Crippen LogP contribution in [0.25, 0.3) is 0 Å². The van der Waals surface area contributed by atoms with E-state index in [2.05, 4.69) is 55.1 Å². The van der Waals surface area contributed by atoms with Crippen LogP contribution in [0.4, 0.5) is 0 Å². The second kappa shape index (κ2) is 9.59. The number of rotatable bonds is 6. The zero-order valence-corrected chi connectivity index (χ0v) is 16.5. The van der Waals surface area contributed by atoms with Gasteiger partial charge in [0.15, 0.2) is 0 Å². The number of nitrogens with zero attached hydrogens (tertiary/aromatic N) is 1. The van der Waals surface area contributed by atoms with Gasteiger partial charge in [-0.05, 0) is 35.6 Å². The van der Waals surface area contributed by atoms with E-state index in [0.717, 1.165) is 36.6 Å². The molecular formula is C21H27Cl2NO. The molecule has 0 spiro atoms. The van der Waals surface area contributed by atoms with Gasteiger partial charge in [0.25, 0.3) is 0 Å². The lowest BCUT2D eigenvalue weighted by atomic mass is 10.0. The van der Waals surface area contributed by atoms with Crippen LogP contribution in [0.15, 0.2) is 54.6 Å². The summed E-state index contributed by atoms with van der Waals surface area (Å²) in [6.07, 6.45) is 1.35. The van der Waals surface area contributed by atoms with Crippen molar-refractivity contribution < 1.29 is 4.74 Å². The smallest absolute Gasteiger partial charge is 0.108 e. The molecule has 0 amide bonds. The molecule has 4 heteroatoms. The van der Waals surface area contributed by atoms with Crippen molar-refractivity contribution in [2.75, 3.05) is 19.6 Å². The fourth-order valence-electron chi connectivity index (χ4n) is 3.40. The first-order valence-corrected chi connectivity index (χ1v) is 9.18. The topological polar surface area (TPSA) is 12.5 Å². The average Bonchev–Trinajstić information content (AvgIpc) is 3.01. The van der Waals surface area contributed by atoms with Crippen molar-refractivity contribution in [2.45, 2.75) is 32.5 Å². The minimum atomic E-state index is -0.0348. The van der Waals surface area contributed by atoms with E-state index in [1.807, 2.05) is 18.2 Å². The summed E-state index contributed by atoms with van der Waals surface area (Å²) in [4.78, 5) is 2.51. The van der Waals surface area contributed by atoms with Gasteiger partial charge in [-0.1, -0.05) is 67.9 Å². The Kier molecular flexibility index (Phi) is 7.77. The number of likely N-dealkylation sites (tertiary alicyclic amines) is 1. The quantitative estimate of drug-likeness (QED) is 0.647. The Bertz CT molecular complexity index is 630. The molecule has 136 valence electrons. The van der Waals surface area contributed by atoms with Crippen molar-refractivity contribution in [3.05, 3.63) is 70.7 Å². The molecule has 0 bridgehead atoms. The van der Waals surface area contributed by atoms with Crippen molar-refractivity contribution in [1.29, 1.82) is 0 Å². The maximum atomic E-state index is 6.55. The molecule has 2 unspecified atom stereocenters. The predicted octanol–water partition coefficient (Wildman–Crippen LogP) is 5.60. The van der Waals surface area contributed by atoms with Crippen molar-refractivity contribution in [3.8, 4) is 0 Å². The molecule has 1 aliphatic rings. The third kappa shape index (κ3) is 5.72. The summed E-state index contributed by atoms with van der Waals surface area (Å²) >= 11 is 6.05. The molecule has 0 aromatic heterocycles. The Hall–Kier alpha value is -1.06. The molecule has 1 fully saturated rings. The molecule has 0 saturated carbocycles. The van der Waals surface area contributed by atoms with Gasteiger partial charge in [0.1, 0.15) is 6.10 Å². The molecule has 2 nitrogen and oxygen atoms in total. The van der Waals surface area contributed by atoms with Crippen LogP contribution in [0.1, 0.15) is 37.5 Å². The minimum absolute atomic E-state index is 0. The van der Waals surface area contributed by atoms with E-state index in [1.165, 1.54) is 5.56 Å². The third-order valence-electron chi connectivity index (χ3n) is 4.46. The first-order chi connectivity index (χ1) is 11.6. The zero-order chi connectivity index (χ0) is 16.9. The van der Waals surface area contributed by atoms with Crippen LogP contribution in [-0.4, -0.2) is 30.6 Å². The van der Waals surface area contributed by atoms with Gasteiger partial charge in [0, 0.05) is 24.7 Å². The van der Waals surface area contributed by atoms with Crippen molar-refractivity contribution >= 4 is 24.0 Å². The summed E-state index contributed by atoms with van der Waals surface area (Å²) in [5, 5.41) is 0.759. The second-order valence-corrected chi connectivity index (χ2v) is 7.48. The van der Waals surface area contributed by atoms with E-state index in [4.69, 9.17) is 16.3 Å². The number of ether oxygens (including phenoxy) is 1. The monoisotopic (exact) mass is 379 g/mol. The molecule has 0 N–H and O–H groups in total. The maximum Gasteiger partial charge on any atom is 0.108 e. The molecule has 0 aliphatic carbocycles. The van der Waals surface area contributed by atoms with Gasteiger partial charge >= 0.3 is 0 Å². The van der Waals surface area contributed by atoms with Gasteiger partial charge in [-0.3, -0.25) is 0 Å². The average molecular weight is 380 g/mol. The highest BCUT2D eigenvalue weighted by molar-refractivity contribution is 6.30. The number of benzene rings is 2. The van der Waals surface area contributed by atoms with Gasteiger partial charge in [0.2, 0.25) is 0 Å². The van der Waals surface area contributed by atoms with E-state index in [1.54, 1.807) is 0 Å². The maximum absolute atomic E-state index is 6.55. The van der Waals surface area contributed by atoms with Gasteiger partial charge < -0.3 is 9.64 Å². The summed E-state index contributed by atoms with van der Waals surface area (Å²) in [7, 11) is 0. The highest BCUT2D eigenvalue weighted by Gasteiger charge is 2.27. The van der Waals surface area contributed by atoms with Crippen LogP contribution < -0.4 is 0 Å². The van der Waals surface area contributed by atoms with Gasteiger partial charge in [-0.25, -0.2) is 0 Å². The highest BCUT2D eigenvalue weighted by Crippen LogP contribution is 2.30. The molecule has 2 atom stereocenters. The number of halogens is 2. The molecule has 1 aliphatic heterocycles. The lowest BCUT2D eigenvalue weighted by Crippen LogP contribution is -2.27. The van der Waals surface area contributed by atoms with Crippen LogP contribution in [0, 0.1) is 5.92 Å². The standard InChI is InChI=1S/C21H26ClNO.ClH/c1-16(2)14-23-13-12-20(15-23)24-21(17-6-4-3-5-7-17)18-8-10-19(22)11-9-18;/h3-11,16,20-21H,12-15H2,1-2H3;1H. The van der Waals surface area contributed by atoms with E-state index < -0.39 is 0 Å².